The first-order valence-electron chi connectivity index (χ1n) is 9.69. The van der Waals surface area contributed by atoms with Crippen LogP contribution in [0.25, 0.3) is 0 Å². The van der Waals surface area contributed by atoms with Crippen molar-refractivity contribution in [3.63, 3.8) is 0 Å². The molecule has 1 aromatic rings. The highest BCUT2D eigenvalue weighted by molar-refractivity contribution is 5.75. The molecule has 2 aliphatic heterocycles. The number of nitrogens with zero attached hydrogens (tertiary/aromatic N) is 3. The van der Waals surface area contributed by atoms with E-state index >= 15 is 0 Å². The lowest BCUT2D eigenvalue weighted by atomic mass is 10.1. The Labute approximate surface area is 151 Å². The summed E-state index contributed by atoms with van der Waals surface area (Å²) in [6, 6.07) is 9.54. The van der Waals surface area contributed by atoms with Gasteiger partial charge in [-0.2, -0.15) is 0 Å². The van der Waals surface area contributed by atoms with E-state index in [0.717, 1.165) is 25.7 Å². The number of urea groups is 1. The number of rotatable bonds is 3. The fourth-order valence-corrected chi connectivity index (χ4v) is 4.36. The summed E-state index contributed by atoms with van der Waals surface area (Å²) >= 11 is 0. The molecule has 5 heteroatoms. The highest BCUT2D eigenvalue weighted by atomic mass is 16.2. The molecule has 1 saturated carbocycles. The summed E-state index contributed by atoms with van der Waals surface area (Å²) < 4.78 is 0. The highest BCUT2D eigenvalue weighted by Crippen LogP contribution is 2.31. The van der Waals surface area contributed by atoms with Gasteiger partial charge < -0.3 is 20.0 Å². The molecule has 1 aliphatic carbocycles. The molecule has 0 unspecified atom stereocenters. The van der Waals surface area contributed by atoms with Crippen LogP contribution in [0.3, 0.4) is 0 Å². The molecule has 2 fully saturated rings. The van der Waals surface area contributed by atoms with Crippen LogP contribution in [-0.2, 0) is 6.54 Å². The summed E-state index contributed by atoms with van der Waals surface area (Å²) in [5.41, 5.74) is 2.46. The van der Waals surface area contributed by atoms with E-state index in [4.69, 9.17) is 0 Å². The number of carbonyl (C=O) groups is 1. The molecule has 1 saturated heterocycles. The van der Waals surface area contributed by atoms with Crippen molar-refractivity contribution < 1.29 is 4.79 Å². The van der Waals surface area contributed by atoms with Gasteiger partial charge in [0.05, 0.1) is 0 Å². The van der Waals surface area contributed by atoms with E-state index in [0.29, 0.717) is 12.5 Å². The fourth-order valence-electron chi connectivity index (χ4n) is 4.36. The smallest absolute Gasteiger partial charge is 0.318 e. The van der Waals surface area contributed by atoms with E-state index in [2.05, 4.69) is 53.4 Å². The second-order valence-electron chi connectivity index (χ2n) is 8.05. The minimum Gasteiger partial charge on any atom is -0.372 e. The number of likely N-dealkylation sites (N-methyl/N-ethyl adjacent to an activating group) is 1. The third kappa shape index (κ3) is 3.61. The first-order valence-corrected chi connectivity index (χ1v) is 9.69. The lowest BCUT2D eigenvalue weighted by Crippen LogP contribution is -2.48. The maximum absolute atomic E-state index is 12.8. The van der Waals surface area contributed by atoms with E-state index in [-0.39, 0.29) is 12.1 Å². The van der Waals surface area contributed by atoms with Gasteiger partial charge in [0.1, 0.15) is 0 Å². The van der Waals surface area contributed by atoms with E-state index in [1.54, 1.807) is 0 Å². The van der Waals surface area contributed by atoms with Crippen LogP contribution in [0.2, 0.25) is 0 Å². The Balaban J connectivity index is 1.36. The van der Waals surface area contributed by atoms with Crippen LogP contribution in [0.5, 0.6) is 0 Å². The molecule has 2 atom stereocenters. The second-order valence-corrected chi connectivity index (χ2v) is 8.05. The Bertz CT molecular complexity index is 630. The number of carbonyl (C=O) groups excluding carboxylic acids is 1. The molecule has 1 aromatic carbocycles. The normalized spacial score (nSPS) is 27.1. The molecule has 0 bridgehead atoms. The van der Waals surface area contributed by atoms with Crippen molar-refractivity contribution in [1.82, 2.24) is 15.1 Å². The van der Waals surface area contributed by atoms with Gasteiger partial charge in [-0.1, -0.05) is 18.2 Å². The number of amides is 2. The summed E-state index contributed by atoms with van der Waals surface area (Å²) in [7, 11) is 2.11. The fraction of sp³-hybridized carbons (Fsp3) is 0.650. The maximum atomic E-state index is 12.8. The molecule has 2 heterocycles. The van der Waals surface area contributed by atoms with Gasteiger partial charge >= 0.3 is 6.03 Å². The standard InChI is InChI=1S/C20H30N4O/c1-15-12-22(2)19-6-4-3-5-17(19)14-24(15)20(25)21-11-16-9-10-23(13-16)18-7-8-18/h3-6,15-16,18H,7-14H2,1-2H3,(H,21,25)/t15-,16-/m0/s1. The predicted molar refractivity (Wildman–Crippen MR) is 101 cm³/mol. The summed E-state index contributed by atoms with van der Waals surface area (Å²) in [4.78, 5) is 19.7. The van der Waals surface area contributed by atoms with Crippen LogP contribution in [0.1, 0.15) is 31.7 Å². The van der Waals surface area contributed by atoms with Crippen LogP contribution < -0.4 is 10.2 Å². The zero-order chi connectivity index (χ0) is 17.4. The number of para-hydroxylation sites is 1. The number of nitrogens with one attached hydrogen (secondary N) is 1. The molecule has 2 amide bonds. The monoisotopic (exact) mass is 342 g/mol. The van der Waals surface area contributed by atoms with Crippen molar-refractivity contribution in [3.05, 3.63) is 29.8 Å². The molecule has 1 N–H and O–H groups in total. The Hall–Kier alpha value is -1.75. The zero-order valence-corrected chi connectivity index (χ0v) is 15.4. The van der Waals surface area contributed by atoms with E-state index in [1.165, 1.54) is 37.1 Å². The van der Waals surface area contributed by atoms with Crippen molar-refractivity contribution in [3.8, 4) is 0 Å². The largest absolute Gasteiger partial charge is 0.372 e. The van der Waals surface area contributed by atoms with Crippen LogP contribution in [0.15, 0.2) is 24.3 Å². The van der Waals surface area contributed by atoms with Crippen molar-refractivity contribution in [2.45, 2.75) is 44.8 Å². The molecular weight excluding hydrogens is 312 g/mol. The SMILES string of the molecule is C[C@H]1CN(C)c2ccccc2CN1C(=O)NC[C@@H]1CCN(C2CC2)C1. The van der Waals surface area contributed by atoms with Crippen LogP contribution in [-0.4, -0.2) is 61.1 Å². The van der Waals surface area contributed by atoms with Crippen LogP contribution >= 0.6 is 0 Å². The van der Waals surface area contributed by atoms with Crippen molar-refractivity contribution in [1.29, 1.82) is 0 Å². The topological polar surface area (TPSA) is 38.8 Å². The molecule has 0 aromatic heterocycles. The first kappa shape index (κ1) is 16.7. The number of likely N-dealkylation sites (tertiary alicyclic amines) is 1. The van der Waals surface area contributed by atoms with Crippen molar-refractivity contribution in [2.24, 2.45) is 5.92 Å². The second kappa shape index (κ2) is 6.87. The Morgan fingerprint density at radius 3 is 2.80 bits per heavy atom. The third-order valence-corrected chi connectivity index (χ3v) is 6.00. The predicted octanol–water partition coefficient (Wildman–Crippen LogP) is 2.52. The summed E-state index contributed by atoms with van der Waals surface area (Å²) in [6.45, 7) is 6.88. The Morgan fingerprint density at radius 2 is 2.00 bits per heavy atom. The average molecular weight is 342 g/mol. The minimum absolute atomic E-state index is 0.0856. The van der Waals surface area contributed by atoms with Gasteiger partial charge in [-0.25, -0.2) is 4.79 Å². The molecule has 0 radical (unpaired) electrons. The van der Waals surface area contributed by atoms with E-state index in [9.17, 15) is 4.79 Å². The van der Waals surface area contributed by atoms with Gasteiger partial charge in [0.2, 0.25) is 0 Å². The molecular formula is C20H30N4O. The maximum Gasteiger partial charge on any atom is 0.318 e. The lowest BCUT2D eigenvalue weighted by Gasteiger charge is -2.29. The zero-order valence-electron chi connectivity index (χ0n) is 15.4. The highest BCUT2D eigenvalue weighted by Gasteiger charge is 2.34. The van der Waals surface area contributed by atoms with Gasteiger partial charge in [-0.3, -0.25) is 0 Å². The number of hydrogen-bond acceptors (Lipinski definition) is 3. The van der Waals surface area contributed by atoms with Crippen LogP contribution in [0.4, 0.5) is 10.5 Å². The van der Waals surface area contributed by atoms with E-state index in [1.807, 2.05) is 4.90 Å². The van der Waals surface area contributed by atoms with Gasteiger partial charge in [0.25, 0.3) is 0 Å². The summed E-state index contributed by atoms with van der Waals surface area (Å²) in [6.07, 6.45) is 3.96. The van der Waals surface area contributed by atoms with Crippen molar-refractivity contribution in [2.75, 3.05) is 38.1 Å². The molecule has 0 spiro atoms. The minimum atomic E-state index is 0.0856. The third-order valence-electron chi connectivity index (χ3n) is 6.00. The van der Waals surface area contributed by atoms with Crippen molar-refractivity contribution >= 4 is 11.7 Å². The quantitative estimate of drug-likeness (QED) is 0.917. The molecule has 4 rings (SSSR count). The first-order chi connectivity index (χ1) is 12.1. The van der Waals surface area contributed by atoms with E-state index < -0.39 is 0 Å². The molecule has 3 aliphatic rings. The summed E-state index contributed by atoms with van der Waals surface area (Å²) in [5, 5.41) is 3.22. The Kier molecular flexibility index (Phi) is 4.59. The van der Waals surface area contributed by atoms with Gasteiger partial charge in [-0.05, 0) is 50.3 Å². The Morgan fingerprint density at radius 1 is 1.20 bits per heavy atom. The van der Waals surface area contributed by atoms with Gasteiger partial charge in [0.15, 0.2) is 0 Å². The van der Waals surface area contributed by atoms with Gasteiger partial charge in [-0.15, -0.1) is 0 Å². The number of anilines is 1. The molecule has 5 nitrogen and oxygen atoms in total. The lowest BCUT2D eigenvalue weighted by molar-refractivity contribution is 0.176. The molecule has 136 valence electrons. The van der Waals surface area contributed by atoms with Crippen LogP contribution in [0, 0.1) is 5.92 Å². The number of hydrogen-bond donors (Lipinski definition) is 1. The van der Waals surface area contributed by atoms with Gasteiger partial charge in [0, 0.05) is 51.0 Å². The molecule has 25 heavy (non-hydrogen) atoms. The average Bonchev–Trinajstić information content (AvgIpc) is 3.37. The number of benzene rings is 1. The number of fused-ring (bicyclic) bond motifs is 1. The summed E-state index contributed by atoms with van der Waals surface area (Å²) in [5.74, 6) is 0.613.